The van der Waals surface area contributed by atoms with Crippen LogP contribution in [-0.4, -0.2) is 15.9 Å². The molecule has 0 atom stereocenters. The summed E-state index contributed by atoms with van der Waals surface area (Å²) in [5.41, 5.74) is 3.67. The Morgan fingerprint density at radius 2 is 1.52 bits per heavy atom. The summed E-state index contributed by atoms with van der Waals surface area (Å²) in [6.45, 7) is 19.3. The smallest absolute Gasteiger partial charge is 0.162 e. The van der Waals surface area contributed by atoms with Crippen molar-refractivity contribution in [3.8, 4) is 21.7 Å². The van der Waals surface area contributed by atoms with Gasteiger partial charge in [0.1, 0.15) is 0 Å². The predicted octanol–water partition coefficient (Wildman–Crippen LogP) is 12.8. The molecule has 5 rings (SSSR count). The van der Waals surface area contributed by atoms with E-state index in [2.05, 4.69) is 77.1 Å². The van der Waals surface area contributed by atoms with Gasteiger partial charge in [-0.1, -0.05) is 77.4 Å². The second-order valence-corrected chi connectivity index (χ2v) is 16.8. The summed E-state index contributed by atoms with van der Waals surface area (Å²) in [5, 5.41) is 12.4. The van der Waals surface area contributed by atoms with Crippen LogP contribution in [0.4, 0.5) is 0 Å². The van der Waals surface area contributed by atoms with Crippen molar-refractivity contribution in [2.45, 2.75) is 94.4 Å². The number of aryl methyl sites for hydroxylation is 2. The second kappa shape index (κ2) is 16.8. The van der Waals surface area contributed by atoms with Gasteiger partial charge in [-0.3, -0.25) is 4.79 Å². The Morgan fingerprint density at radius 3 is 2.15 bits per heavy atom. The van der Waals surface area contributed by atoms with Crippen LogP contribution >= 0.6 is 34.0 Å². The SMILES string of the molecule is CCC(CC)C(=O)/C=C(\O)C(CC)CC.Cc1cc2c([c-]c(-c3cc(-c4ccc(CC(C)(C)C)s4)ccn3)c3cc(C)sc32)s1.[Ir]. The van der Waals surface area contributed by atoms with Crippen molar-refractivity contribution < 1.29 is 30.0 Å². The number of allylic oxidation sites excluding steroid dienone is 2. The van der Waals surface area contributed by atoms with E-state index < -0.39 is 0 Å². The fourth-order valence-electron chi connectivity index (χ4n) is 5.71. The summed E-state index contributed by atoms with van der Waals surface area (Å²) >= 11 is 5.59. The number of rotatable bonds is 10. The first-order valence-corrected chi connectivity index (χ1v) is 18.7. The molecule has 249 valence electrons. The molecule has 0 aliphatic heterocycles. The molecular formula is C39H48IrNO2S3-. The van der Waals surface area contributed by atoms with E-state index in [9.17, 15) is 9.90 Å². The second-order valence-electron chi connectivity index (χ2n) is 13.1. The van der Waals surface area contributed by atoms with Crippen molar-refractivity contribution >= 4 is 60.0 Å². The largest absolute Gasteiger partial charge is 0.512 e. The first kappa shape index (κ1) is 38.3. The summed E-state index contributed by atoms with van der Waals surface area (Å²) in [4.78, 5) is 21.9. The maximum absolute atomic E-state index is 11.7. The number of aliphatic hydroxyl groups excluding tert-OH is 1. The first-order chi connectivity index (χ1) is 21.4. The van der Waals surface area contributed by atoms with Gasteiger partial charge in [0.2, 0.25) is 0 Å². The van der Waals surface area contributed by atoms with Crippen molar-refractivity contribution in [3.63, 3.8) is 0 Å². The van der Waals surface area contributed by atoms with Crippen LogP contribution in [0.25, 0.3) is 41.9 Å². The van der Waals surface area contributed by atoms with E-state index in [1.54, 1.807) is 0 Å². The van der Waals surface area contributed by atoms with Crippen molar-refractivity contribution in [3.05, 3.63) is 75.1 Å². The van der Waals surface area contributed by atoms with Crippen LogP contribution in [0.15, 0.2) is 54.4 Å². The van der Waals surface area contributed by atoms with Crippen LogP contribution in [0.5, 0.6) is 0 Å². The Bertz CT molecular complexity index is 1780. The minimum Gasteiger partial charge on any atom is -0.512 e. The molecule has 4 aromatic heterocycles. The molecule has 3 nitrogen and oxygen atoms in total. The van der Waals surface area contributed by atoms with Gasteiger partial charge in [-0.2, -0.15) is 22.7 Å². The number of ketones is 1. The zero-order valence-electron chi connectivity index (χ0n) is 28.7. The Morgan fingerprint density at radius 1 is 0.891 bits per heavy atom. The Kier molecular flexibility index (Phi) is 14.0. The van der Waals surface area contributed by atoms with Crippen molar-refractivity contribution in [2.24, 2.45) is 17.3 Å². The van der Waals surface area contributed by atoms with Crippen LogP contribution in [0.3, 0.4) is 0 Å². The zero-order chi connectivity index (χ0) is 32.9. The summed E-state index contributed by atoms with van der Waals surface area (Å²) in [7, 11) is 0. The van der Waals surface area contributed by atoms with Gasteiger partial charge in [-0.25, -0.2) is 0 Å². The number of nitrogens with zero attached hydrogens (tertiary/aromatic N) is 1. The van der Waals surface area contributed by atoms with Crippen LogP contribution in [-0.2, 0) is 31.3 Å². The minimum atomic E-state index is 0. The number of thiophene rings is 3. The van der Waals surface area contributed by atoms with E-state index >= 15 is 0 Å². The number of benzene rings is 1. The molecule has 1 radical (unpaired) electrons. The van der Waals surface area contributed by atoms with Gasteiger partial charge in [-0.05, 0) is 100.0 Å². The summed E-state index contributed by atoms with van der Waals surface area (Å²) < 4.78 is 2.59. The summed E-state index contributed by atoms with van der Waals surface area (Å²) in [6.07, 6.45) is 7.95. The van der Waals surface area contributed by atoms with E-state index in [0.29, 0.717) is 5.41 Å². The average Bonchev–Trinajstić information content (AvgIpc) is 3.71. The molecular weight excluding hydrogens is 803 g/mol. The molecule has 0 saturated carbocycles. The predicted molar refractivity (Wildman–Crippen MR) is 199 cm³/mol. The molecule has 46 heavy (non-hydrogen) atoms. The van der Waals surface area contributed by atoms with Crippen LogP contribution in [0, 0.1) is 37.2 Å². The molecule has 1 N–H and O–H groups in total. The molecule has 0 aliphatic rings. The van der Waals surface area contributed by atoms with E-state index in [-0.39, 0.29) is 43.5 Å². The van der Waals surface area contributed by atoms with Crippen molar-refractivity contribution in [1.82, 2.24) is 4.98 Å². The third kappa shape index (κ3) is 9.48. The fraction of sp³-hybridized carbons (Fsp3) is 0.436. The van der Waals surface area contributed by atoms with Crippen molar-refractivity contribution in [2.75, 3.05) is 0 Å². The number of fused-ring (bicyclic) bond motifs is 3. The summed E-state index contributed by atoms with van der Waals surface area (Å²) in [5.74, 6) is 0.547. The van der Waals surface area contributed by atoms with E-state index in [4.69, 9.17) is 4.98 Å². The average molecular weight is 851 g/mol. The maximum Gasteiger partial charge on any atom is 0.162 e. The number of carbonyl (C=O) groups excluding carboxylic acids is 1. The minimum absolute atomic E-state index is 0. The normalized spacial score (nSPS) is 12.1. The molecule has 0 aliphatic carbocycles. The third-order valence-electron chi connectivity index (χ3n) is 8.21. The molecule has 0 fully saturated rings. The molecule has 0 bridgehead atoms. The quantitative estimate of drug-likeness (QED) is 0.0865. The Labute approximate surface area is 301 Å². The number of hydrogen-bond acceptors (Lipinski definition) is 6. The molecule has 5 aromatic rings. The standard InChI is InChI=1S/C26H24NS3.C13H24O2.Ir/c1-15-11-21-24(28-15)13-19(20-10-16(2)29-25(20)21)22-12-17(8-9-27-22)23-7-6-18(30-23)14-26(3,4)5;1-5-10(6-2)12(14)9-13(15)11(7-3)8-4;/h6-12H,14H2,1-5H3;9-11,14H,5-8H2,1-4H3;/q-1;;/b;12-9-;. The molecule has 7 heteroatoms. The molecule has 0 spiro atoms. The monoisotopic (exact) mass is 851 g/mol. The van der Waals surface area contributed by atoms with E-state index in [0.717, 1.165) is 43.4 Å². The Hall–Kier alpha value is -2.15. The van der Waals surface area contributed by atoms with Gasteiger partial charge < -0.3 is 10.1 Å². The number of carbonyl (C=O) groups is 1. The van der Waals surface area contributed by atoms with Gasteiger partial charge in [0.05, 0.1) is 5.76 Å². The number of aromatic nitrogens is 1. The van der Waals surface area contributed by atoms with Crippen LogP contribution in [0.1, 0.15) is 88.8 Å². The number of pyridine rings is 1. The maximum atomic E-state index is 11.7. The summed E-state index contributed by atoms with van der Waals surface area (Å²) in [6, 6.07) is 17.2. The molecule has 0 saturated heterocycles. The van der Waals surface area contributed by atoms with Crippen molar-refractivity contribution in [1.29, 1.82) is 0 Å². The third-order valence-corrected chi connectivity index (χ3v) is 11.4. The number of hydrogen-bond donors (Lipinski definition) is 1. The first-order valence-electron chi connectivity index (χ1n) is 16.2. The Balaban J connectivity index is 0.000000309. The zero-order valence-corrected chi connectivity index (χ0v) is 33.5. The topological polar surface area (TPSA) is 50.2 Å². The van der Waals surface area contributed by atoms with E-state index in [1.807, 2.05) is 67.9 Å². The van der Waals surface area contributed by atoms with E-state index in [1.165, 1.54) is 51.3 Å². The van der Waals surface area contributed by atoms with Gasteiger partial charge in [0.15, 0.2) is 5.78 Å². The molecule has 1 aromatic carbocycles. The molecule has 4 heterocycles. The molecule has 0 amide bonds. The van der Waals surface area contributed by atoms with Gasteiger partial charge in [0.25, 0.3) is 0 Å². The van der Waals surface area contributed by atoms with Crippen LogP contribution < -0.4 is 0 Å². The van der Waals surface area contributed by atoms with Gasteiger partial charge in [-0.15, -0.1) is 23.0 Å². The fourth-order valence-corrected chi connectivity index (χ4v) is 9.04. The molecule has 0 unspecified atom stereocenters. The van der Waals surface area contributed by atoms with Gasteiger partial charge >= 0.3 is 0 Å². The number of aliphatic hydroxyl groups is 1. The van der Waals surface area contributed by atoms with Gasteiger partial charge in [0, 0.05) is 54.0 Å². The van der Waals surface area contributed by atoms with Crippen LogP contribution in [0.2, 0.25) is 0 Å².